The summed E-state index contributed by atoms with van der Waals surface area (Å²) in [6, 6.07) is 0. The van der Waals surface area contributed by atoms with Gasteiger partial charge in [0.25, 0.3) is 0 Å². The largest absolute Gasteiger partial charge is 0.376 e. The van der Waals surface area contributed by atoms with Crippen LogP contribution in [-0.2, 0) is 0 Å². The van der Waals surface area contributed by atoms with Crippen molar-refractivity contribution in [2.75, 3.05) is 31.6 Å². The van der Waals surface area contributed by atoms with Crippen LogP contribution in [-0.4, -0.2) is 47.3 Å². The third kappa shape index (κ3) is 2.41. The molecule has 0 bridgehead atoms. The van der Waals surface area contributed by atoms with Crippen LogP contribution >= 0.6 is 11.8 Å². The maximum atomic E-state index is 9.69. The van der Waals surface area contributed by atoms with Gasteiger partial charge in [0.05, 0.1) is 0 Å². The van der Waals surface area contributed by atoms with Gasteiger partial charge in [-0.1, -0.05) is 5.92 Å². The second-order valence-corrected chi connectivity index (χ2v) is 4.18. The highest BCUT2D eigenvalue weighted by molar-refractivity contribution is 7.98. The lowest BCUT2D eigenvalue weighted by atomic mass is 10.1. The number of hydrogen-bond donors (Lipinski definition) is 1. The van der Waals surface area contributed by atoms with E-state index in [2.05, 4.69) is 17.1 Å². The Morgan fingerprint density at radius 3 is 3.00 bits per heavy atom. The molecule has 1 heterocycles. The summed E-state index contributed by atoms with van der Waals surface area (Å²) in [6.07, 6.45) is 8.03. The van der Waals surface area contributed by atoms with E-state index in [1.165, 1.54) is 0 Å². The van der Waals surface area contributed by atoms with Crippen LogP contribution in [0.2, 0.25) is 0 Å². The molecule has 3 heteroatoms. The first-order valence-electron chi connectivity index (χ1n) is 4.11. The summed E-state index contributed by atoms with van der Waals surface area (Å²) in [4.78, 5) is 2.22. The van der Waals surface area contributed by atoms with Gasteiger partial charge in [-0.05, 0) is 6.26 Å². The minimum atomic E-state index is -0.849. The average molecular weight is 185 g/mol. The van der Waals surface area contributed by atoms with Crippen LogP contribution in [0.25, 0.3) is 0 Å². The van der Waals surface area contributed by atoms with Crippen molar-refractivity contribution in [3.8, 4) is 12.3 Å². The highest BCUT2D eigenvalue weighted by atomic mass is 32.2. The number of terminal acetylenes is 1. The van der Waals surface area contributed by atoms with Crippen LogP contribution < -0.4 is 0 Å². The molecule has 1 unspecified atom stereocenters. The van der Waals surface area contributed by atoms with Gasteiger partial charge in [-0.2, -0.15) is 11.8 Å². The van der Waals surface area contributed by atoms with Crippen molar-refractivity contribution in [2.24, 2.45) is 0 Å². The summed E-state index contributed by atoms with van der Waals surface area (Å²) in [5.74, 6) is 3.57. The van der Waals surface area contributed by atoms with Crippen LogP contribution in [0.1, 0.15) is 6.42 Å². The third-order valence-corrected chi connectivity index (χ3v) is 2.80. The van der Waals surface area contributed by atoms with Crippen LogP contribution in [0.15, 0.2) is 0 Å². The lowest BCUT2D eigenvalue weighted by molar-refractivity contribution is 0.110. The summed E-state index contributed by atoms with van der Waals surface area (Å²) >= 11 is 1.82. The molecule has 12 heavy (non-hydrogen) atoms. The van der Waals surface area contributed by atoms with E-state index in [9.17, 15) is 5.11 Å². The number of thioether (sulfide) groups is 1. The molecule has 1 atom stereocenters. The van der Waals surface area contributed by atoms with Crippen molar-refractivity contribution in [3.05, 3.63) is 0 Å². The van der Waals surface area contributed by atoms with E-state index in [4.69, 9.17) is 6.42 Å². The molecule has 0 aromatic carbocycles. The fourth-order valence-corrected chi connectivity index (χ4v) is 1.84. The van der Waals surface area contributed by atoms with Crippen LogP contribution in [0.5, 0.6) is 0 Å². The molecule has 2 nitrogen and oxygen atoms in total. The van der Waals surface area contributed by atoms with E-state index in [1.54, 1.807) is 0 Å². The Labute approximate surface area is 78.3 Å². The number of nitrogens with zero attached hydrogens (tertiary/aromatic N) is 1. The van der Waals surface area contributed by atoms with Crippen LogP contribution in [0.4, 0.5) is 0 Å². The standard InChI is InChI=1S/C9H15NOS/c1-3-9(11)4-5-10(8-9)6-7-12-2/h1,11H,4-8H2,2H3. The molecule has 0 spiro atoms. The fourth-order valence-electron chi connectivity index (χ4n) is 1.40. The first kappa shape index (κ1) is 9.91. The molecule has 0 aliphatic carbocycles. The SMILES string of the molecule is C#CC1(O)CCN(CCSC)C1. The monoisotopic (exact) mass is 185 g/mol. The number of hydrogen-bond acceptors (Lipinski definition) is 3. The lowest BCUT2D eigenvalue weighted by Crippen LogP contribution is -2.32. The topological polar surface area (TPSA) is 23.5 Å². The quantitative estimate of drug-likeness (QED) is 0.645. The number of likely N-dealkylation sites (tertiary alicyclic amines) is 1. The molecular formula is C9H15NOS. The maximum absolute atomic E-state index is 9.69. The van der Waals surface area contributed by atoms with Crippen molar-refractivity contribution in [3.63, 3.8) is 0 Å². The van der Waals surface area contributed by atoms with E-state index in [0.29, 0.717) is 6.54 Å². The zero-order valence-electron chi connectivity index (χ0n) is 7.42. The van der Waals surface area contributed by atoms with Gasteiger partial charge in [-0.15, -0.1) is 6.42 Å². The summed E-state index contributed by atoms with van der Waals surface area (Å²) in [7, 11) is 0. The van der Waals surface area contributed by atoms with Gasteiger partial charge in [0.15, 0.2) is 0 Å². The normalized spacial score (nSPS) is 30.4. The molecule has 68 valence electrons. The Kier molecular flexibility index (Phi) is 3.45. The molecule has 1 rings (SSSR count). The van der Waals surface area contributed by atoms with E-state index >= 15 is 0 Å². The van der Waals surface area contributed by atoms with Gasteiger partial charge < -0.3 is 5.11 Å². The first-order chi connectivity index (χ1) is 5.70. The predicted molar refractivity (Wildman–Crippen MR) is 53.2 cm³/mol. The van der Waals surface area contributed by atoms with E-state index in [-0.39, 0.29) is 0 Å². The lowest BCUT2D eigenvalue weighted by Gasteiger charge is -2.17. The molecule has 1 fully saturated rings. The zero-order valence-corrected chi connectivity index (χ0v) is 8.23. The van der Waals surface area contributed by atoms with Crippen molar-refractivity contribution in [2.45, 2.75) is 12.0 Å². The van der Waals surface area contributed by atoms with E-state index < -0.39 is 5.60 Å². The molecule has 0 aromatic rings. The summed E-state index contributed by atoms with van der Waals surface area (Å²) in [5.41, 5.74) is -0.849. The first-order valence-corrected chi connectivity index (χ1v) is 5.51. The van der Waals surface area contributed by atoms with Gasteiger partial charge in [-0.25, -0.2) is 0 Å². The number of aliphatic hydroxyl groups is 1. The molecular weight excluding hydrogens is 170 g/mol. The van der Waals surface area contributed by atoms with Gasteiger partial charge in [0.1, 0.15) is 5.60 Å². The van der Waals surface area contributed by atoms with Gasteiger partial charge in [0, 0.05) is 31.8 Å². The summed E-state index contributed by atoms with van der Waals surface area (Å²) < 4.78 is 0. The molecule has 0 radical (unpaired) electrons. The average Bonchev–Trinajstić information content (AvgIpc) is 2.45. The van der Waals surface area contributed by atoms with Gasteiger partial charge in [-0.3, -0.25) is 4.90 Å². The summed E-state index contributed by atoms with van der Waals surface area (Å²) in [6.45, 7) is 2.61. The molecule has 1 N–H and O–H groups in total. The fraction of sp³-hybridized carbons (Fsp3) is 0.778. The van der Waals surface area contributed by atoms with Gasteiger partial charge in [0.2, 0.25) is 0 Å². The summed E-state index contributed by atoms with van der Waals surface area (Å²) in [5, 5.41) is 9.69. The number of rotatable bonds is 3. The van der Waals surface area contributed by atoms with Crippen molar-refractivity contribution < 1.29 is 5.11 Å². The molecule has 0 aromatic heterocycles. The van der Waals surface area contributed by atoms with Gasteiger partial charge >= 0.3 is 0 Å². The Bertz CT molecular complexity index is 189. The molecule has 1 aliphatic rings. The highest BCUT2D eigenvalue weighted by Gasteiger charge is 2.33. The van der Waals surface area contributed by atoms with Crippen LogP contribution in [0.3, 0.4) is 0 Å². The molecule has 0 amide bonds. The molecule has 1 saturated heterocycles. The Morgan fingerprint density at radius 2 is 2.50 bits per heavy atom. The maximum Gasteiger partial charge on any atom is 0.139 e. The zero-order chi connectivity index (χ0) is 9.03. The molecule has 1 aliphatic heterocycles. The predicted octanol–water partition coefficient (Wildman–Crippen LogP) is 0.419. The van der Waals surface area contributed by atoms with E-state index in [0.717, 1.165) is 25.3 Å². The van der Waals surface area contributed by atoms with Crippen molar-refractivity contribution >= 4 is 11.8 Å². The second kappa shape index (κ2) is 4.18. The third-order valence-electron chi connectivity index (χ3n) is 2.21. The van der Waals surface area contributed by atoms with E-state index in [1.807, 2.05) is 11.8 Å². The Hall–Kier alpha value is -0.170. The Morgan fingerprint density at radius 1 is 1.75 bits per heavy atom. The second-order valence-electron chi connectivity index (χ2n) is 3.19. The van der Waals surface area contributed by atoms with Crippen molar-refractivity contribution in [1.29, 1.82) is 0 Å². The highest BCUT2D eigenvalue weighted by Crippen LogP contribution is 2.19. The minimum absolute atomic E-state index is 0.643. The molecule has 0 saturated carbocycles. The van der Waals surface area contributed by atoms with Crippen molar-refractivity contribution in [1.82, 2.24) is 4.90 Å². The smallest absolute Gasteiger partial charge is 0.139 e. The minimum Gasteiger partial charge on any atom is -0.376 e. The number of β-amino-alcohol motifs (C(OH)–C–C–N with tert-alkyl or cyclic N) is 1. The van der Waals surface area contributed by atoms with Crippen LogP contribution in [0, 0.1) is 12.3 Å². The Balaban J connectivity index is 2.31.